The number of nitrogens with two attached hydrogens (primary N) is 1. The summed E-state index contributed by atoms with van der Waals surface area (Å²) in [5.41, 5.74) is 5.91. The molecule has 0 saturated carbocycles. The van der Waals surface area contributed by atoms with Crippen LogP contribution in [0.5, 0.6) is 0 Å². The Bertz CT molecular complexity index is 628. The van der Waals surface area contributed by atoms with Crippen LogP contribution >= 0.6 is 11.3 Å². The predicted octanol–water partition coefficient (Wildman–Crippen LogP) is 2.37. The molecule has 1 aliphatic heterocycles. The summed E-state index contributed by atoms with van der Waals surface area (Å²) in [6.45, 7) is 4.24. The normalized spacial score (nSPS) is 17.0. The van der Waals surface area contributed by atoms with Gasteiger partial charge in [0.1, 0.15) is 10.6 Å². The highest BCUT2D eigenvalue weighted by atomic mass is 32.1. The number of nitrogens with zero attached hydrogens (tertiary/aromatic N) is 4. The minimum atomic E-state index is 0.386. The third kappa shape index (κ3) is 2.82. The Morgan fingerprint density at radius 2 is 2.05 bits per heavy atom. The molecule has 3 heterocycles. The standard InChI is InChI=1S/C15H23N5S/c1-4-11-9-12-13(17-15(16)18-14(12)21-11)20-7-5-10(6-8-20)19(2)3/h9-10H,4-8H2,1-3H3,(H2,16,17,18). The SMILES string of the molecule is CCc1cc2c(N3CCC(N(C)C)CC3)nc(N)nc2s1. The van der Waals surface area contributed by atoms with Gasteiger partial charge in [0.25, 0.3) is 0 Å². The molecule has 1 fully saturated rings. The summed E-state index contributed by atoms with van der Waals surface area (Å²) in [6.07, 6.45) is 3.37. The lowest BCUT2D eigenvalue weighted by molar-refractivity contribution is 0.249. The molecule has 2 aromatic rings. The molecule has 0 unspecified atom stereocenters. The van der Waals surface area contributed by atoms with Crippen LogP contribution in [0, 0.1) is 0 Å². The highest BCUT2D eigenvalue weighted by molar-refractivity contribution is 7.18. The first-order valence-electron chi connectivity index (χ1n) is 7.55. The molecule has 0 bridgehead atoms. The number of rotatable bonds is 3. The predicted molar refractivity (Wildman–Crippen MR) is 90.1 cm³/mol. The Morgan fingerprint density at radius 3 is 2.67 bits per heavy atom. The maximum atomic E-state index is 5.91. The number of aromatic nitrogens is 2. The quantitative estimate of drug-likeness (QED) is 0.943. The molecule has 114 valence electrons. The largest absolute Gasteiger partial charge is 0.368 e. The maximum Gasteiger partial charge on any atom is 0.223 e. The van der Waals surface area contributed by atoms with Crippen molar-refractivity contribution in [1.82, 2.24) is 14.9 Å². The van der Waals surface area contributed by atoms with Crippen molar-refractivity contribution >= 4 is 33.3 Å². The van der Waals surface area contributed by atoms with Gasteiger partial charge in [0, 0.05) is 24.0 Å². The second-order valence-corrected chi connectivity index (χ2v) is 6.99. The Labute approximate surface area is 129 Å². The van der Waals surface area contributed by atoms with Gasteiger partial charge in [-0.25, -0.2) is 4.98 Å². The van der Waals surface area contributed by atoms with Crippen molar-refractivity contribution < 1.29 is 0 Å². The van der Waals surface area contributed by atoms with Gasteiger partial charge in [-0.15, -0.1) is 11.3 Å². The molecule has 2 aromatic heterocycles. The smallest absolute Gasteiger partial charge is 0.223 e. The number of hydrogen-bond acceptors (Lipinski definition) is 6. The van der Waals surface area contributed by atoms with Crippen LogP contribution in [0.4, 0.5) is 11.8 Å². The molecule has 5 nitrogen and oxygen atoms in total. The molecule has 1 saturated heterocycles. The monoisotopic (exact) mass is 305 g/mol. The van der Waals surface area contributed by atoms with Gasteiger partial charge >= 0.3 is 0 Å². The van der Waals surface area contributed by atoms with Crippen LogP contribution in [-0.2, 0) is 6.42 Å². The molecule has 2 N–H and O–H groups in total. The molecule has 0 spiro atoms. The fraction of sp³-hybridized carbons (Fsp3) is 0.600. The summed E-state index contributed by atoms with van der Waals surface area (Å²) in [7, 11) is 4.32. The van der Waals surface area contributed by atoms with Crippen LogP contribution in [0.25, 0.3) is 10.2 Å². The minimum absolute atomic E-state index is 0.386. The van der Waals surface area contributed by atoms with Crippen LogP contribution in [0.15, 0.2) is 6.07 Å². The van der Waals surface area contributed by atoms with Crippen LogP contribution in [-0.4, -0.2) is 48.1 Å². The van der Waals surface area contributed by atoms with Crippen LogP contribution in [0.2, 0.25) is 0 Å². The first-order chi connectivity index (χ1) is 10.1. The van der Waals surface area contributed by atoms with Crippen molar-refractivity contribution in [3.8, 4) is 0 Å². The summed E-state index contributed by atoms with van der Waals surface area (Å²) in [5.74, 6) is 1.40. The van der Waals surface area contributed by atoms with Crippen molar-refractivity contribution in [2.45, 2.75) is 32.2 Å². The second kappa shape index (κ2) is 5.77. The van der Waals surface area contributed by atoms with E-state index in [-0.39, 0.29) is 0 Å². The molecule has 0 aromatic carbocycles. The third-order valence-corrected chi connectivity index (χ3v) is 5.46. The van der Waals surface area contributed by atoms with Crippen molar-refractivity contribution in [2.75, 3.05) is 37.8 Å². The molecule has 0 aliphatic carbocycles. The van der Waals surface area contributed by atoms with E-state index in [0.29, 0.717) is 12.0 Å². The van der Waals surface area contributed by atoms with Crippen LogP contribution in [0.3, 0.4) is 0 Å². The number of nitrogen functional groups attached to an aromatic ring is 1. The first-order valence-corrected chi connectivity index (χ1v) is 8.37. The van der Waals surface area contributed by atoms with Gasteiger partial charge in [-0.2, -0.15) is 4.98 Å². The maximum absolute atomic E-state index is 5.91. The number of thiophene rings is 1. The van der Waals surface area contributed by atoms with Crippen molar-refractivity contribution in [2.24, 2.45) is 0 Å². The highest BCUT2D eigenvalue weighted by Gasteiger charge is 2.23. The molecule has 6 heteroatoms. The average molecular weight is 305 g/mol. The molecule has 0 atom stereocenters. The van der Waals surface area contributed by atoms with Gasteiger partial charge in [0.2, 0.25) is 5.95 Å². The van der Waals surface area contributed by atoms with Gasteiger partial charge in [-0.3, -0.25) is 0 Å². The van der Waals surface area contributed by atoms with Crippen molar-refractivity contribution in [1.29, 1.82) is 0 Å². The lowest BCUT2D eigenvalue weighted by Gasteiger charge is -2.36. The number of piperidine rings is 1. The van der Waals surface area contributed by atoms with E-state index in [9.17, 15) is 0 Å². The molecular formula is C15H23N5S. The fourth-order valence-corrected chi connectivity index (χ4v) is 3.95. The summed E-state index contributed by atoms with van der Waals surface area (Å²) in [5, 5.41) is 1.16. The topological polar surface area (TPSA) is 58.3 Å². The number of anilines is 2. The van der Waals surface area contributed by atoms with Gasteiger partial charge < -0.3 is 15.5 Å². The number of aryl methyl sites for hydroxylation is 1. The second-order valence-electron chi connectivity index (χ2n) is 5.87. The van der Waals surface area contributed by atoms with E-state index in [4.69, 9.17) is 5.73 Å². The summed E-state index contributed by atoms with van der Waals surface area (Å²) < 4.78 is 0. The lowest BCUT2D eigenvalue weighted by atomic mass is 10.0. The first kappa shape index (κ1) is 14.5. The molecule has 0 radical (unpaired) electrons. The van der Waals surface area contributed by atoms with Crippen LogP contribution < -0.4 is 10.6 Å². The van der Waals surface area contributed by atoms with E-state index in [1.807, 2.05) is 0 Å². The zero-order valence-electron chi connectivity index (χ0n) is 13.0. The van der Waals surface area contributed by atoms with E-state index in [2.05, 4.69) is 46.9 Å². The van der Waals surface area contributed by atoms with E-state index < -0.39 is 0 Å². The molecule has 1 aliphatic rings. The Balaban J connectivity index is 1.91. The Kier molecular flexibility index (Phi) is 3.99. The zero-order valence-corrected chi connectivity index (χ0v) is 13.8. The molecule has 21 heavy (non-hydrogen) atoms. The summed E-state index contributed by atoms with van der Waals surface area (Å²) in [6, 6.07) is 2.90. The summed E-state index contributed by atoms with van der Waals surface area (Å²) in [4.78, 5) is 16.0. The lowest BCUT2D eigenvalue weighted by Crippen LogP contribution is -2.42. The number of fused-ring (bicyclic) bond motifs is 1. The molecule has 0 amide bonds. The van der Waals surface area contributed by atoms with E-state index in [1.165, 1.54) is 17.7 Å². The van der Waals surface area contributed by atoms with E-state index in [0.717, 1.165) is 35.5 Å². The minimum Gasteiger partial charge on any atom is -0.368 e. The van der Waals surface area contributed by atoms with Crippen LogP contribution in [0.1, 0.15) is 24.6 Å². The average Bonchev–Trinajstić information content (AvgIpc) is 2.89. The van der Waals surface area contributed by atoms with E-state index >= 15 is 0 Å². The zero-order chi connectivity index (χ0) is 15.0. The van der Waals surface area contributed by atoms with E-state index in [1.54, 1.807) is 11.3 Å². The van der Waals surface area contributed by atoms with Gasteiger partial charge in [-0.1, -0.05) is 6.92 Å². The summed E-state index contributed by atoms with van der Waals surface area (Å²) >= 11 is 1.73. The van der Waals surface area contributed by atoms with Gasteiger partial charge in [0.15, 0.2) is 0 Å². The third-order valence-electron chi connectivity index (χ3n) is 4.28. The Hall–Kier alpha value is -1.40. The fourth-order valence-electron chi connectivity index (χ4n) is 2.98. The van der Waals surface area contributed by atoms with Gasteiger partial charge in [-0.05, 0) is 39.4 Å². The van der Waals surface area contributed by atoms with Crippen molar-refractivity contribution in [3.05, 3.63) is 10.9 Å². The molecule has 3 rings (SSSR count). The Morgan fingerprint density at radius 1 is 1.33 bits per heavy atom. The number of hydrogen-bond donors (Lipinski definition) is 1. The van der Waals surface area contributed by atoms with Crippen molar-refractivity contribution in [3.63, 3.8) is 0 Å². The highest BCUT2D eigenvalue weighted by Crippen LogP contribution is 2.33. The van der Waals surface area contributed by atoms with Gasteiger partial charge in [0.05, 0.1) is 5.39 Å². The molecular weight excluding hydrogens is 282 g/mol.